The first-order valence-corrected chi connectivity index (χ1v) is 5.90. The number of piperidine rings is 1. The number of rotatable bonds is 1. The van der Waals surface area contributed by atoms with Gasteiger partial charge >= 0.3 is 0 Å². The van der Waals surface area contributed by atoms with Crippen molar-refractivity contribution in [3.05, 3.63) is 12.2 Å². The van der Waals surface area contributed by atoms with Crippen molar-refractivity contribution in [2.24, 2.45) is 0 Å². The third-order valence-electron chi connectivity index (χ3n) is 4.07. The maximum absolute atomic E-state index is 5.60. The van der Waals surface area contributed by atoms with E-state index in [9.17, 15) is 0 Å². The maximum Gasteiger partial charge on any atom is 0.223 e. The molecule has 5 nitrogen and oxygen atoms in total. The molecule has 2 unspecified atom stereocenters. The van der Waals surface area contributed by atoms with E-state index in [1.807, 2.05) is 0 Å². The van der Waals surface area contributed by atoms with Crippen LogP contribution in [0, 0.1) is 0 Å². The van der Waals surface area contributed by atoms with Crippen LogP contribution in [0.15, 0.2) is 6.33 Å². The molecule has 0 amide bonds. The predicted molar refractivity (Wildman–Crippen MR) is 60.8 cm³/mol. The lowest BCUT2D eigenvalue weighted by Crippen LogP contribution is -2.39. The van der Waals surface area contributed by atoms with E-state index in [-0.39, 0.29) is 0 Å². The topological polar surface area (TPSA) is 67.9 Å². The highest BCUT2D eigenvalue weighted by molar-refractivity contribution is 5.15. The molecule has 0 spiro atoms. The van der Waals surface area contributed by atoms with Crippen molar-refractivity contribution in [1.82, 2.24) is 19.9 Å². The van der Waals surface area contributed by atoms with Crippen molar-refractivity contribution in [1.29, 1.82) is 0 Å². The van der Waals surface area contributed by atoms with Crippen molar-refractivity contribution in [3.63, 3.8) is 0 Å². The number of nitrogen functional groups attached to an aromatic ring is 1. The second kappa shape index (κ2) is 3.66. The van der Waals surface area contributed by atoms with Crippen LogP contribution in [-0.2, 0) is 0 Å². The minimum Gasteiger partial charge on any atom is -0.368 e. The average Bonchev–Trinajstić information content (AvgIpc) is 2.53. The van der Waals surface area contributed by atoms with Gasteiger partial charge in [0.1, 0.15) is 12.2 Å². The molecule has 1 aromatic rings. The molecule has 2 N–H and O–H groups in total. The Labute approximate surface area is 95.1 Å². The van der Waals surface area contributed by atoms with E-state index < -0.39 is 0 Å². The summed E-state index contributed by atoms with van der Waals surface area (Å²) in [5, 5.41) is 0. The molecule has 3 rings (SSSR count). The lowest BCUT2D eigenvalue weighted by atomic mass is 9.90. The molecule has 3 heterocycles. The zero-order chi connectivity index (χ0) is 11.1. The van der Waals surface area contributed by atoms with Gasteiger partial charge in [0.05, 0.1) is 0 Å². The fraction of sp³-hybridized carbons (Fsp3) is 0.727. The monoisotopic (exact) mass is 219 g/mol. The van der Waals surface area contributed by atoms with Crippen LogP contribution < -0.4 is 5.73 Å². The van der Waals surface area contributed by atoms with Gasteiger partial charge in [-0.05, 0) is 32.7 Å². The molecule has 0 aromatic carbocycles. The number of anilines is 1. The summed E-state index contributed by atoms with van der Waals surface area (Å²) in [4.78, 5) is 14.9. The lowest BCUT2D eigenvalue weighted by Gasteiger charge is -2.35. The van der Waals surface area contributed by atoms with Crippen LogP contribution in [0.2, 0.25) is 0 Å². The SMILES string of the molecule is CN1C2CCC1CC(c1ncnc(N)n1)C2. The number of hydrogen-bond donors (Lipinski definition) is 1. The van der Waals surface area contributed by atoms with Gasteiger partial charge in [-0.2, -0.15) is 4.98 Å². The summed E-state index contributed by atoms with van der Waals surface area (Å²) in [6.45, 7) is 0. The predicted octanol–water partition coefficient (Wildman–Crippen LogP) is 0.794. The Kier molecular flexibility index (Phi) is 2.28. The Bertz CT molecular complexity index is 380. The summed E-state index contributed by atoms with van der Waals surface area (Å²) in [5.74, 6) is 1.70. The molecule has 0 aliphatic carbocycles. The highest BCUT2D eigenvalue weighted by Gasteiger charge is 2.39. The van der Waals surface area contributed by atoms with Crippen molar-refractivity contribution in [2.45, 2.75) is 43.7 Å². The van der Waals surface area contributed by atoms with Crippen LogP contribution in [0.4, 0.5) is 5.95 Å². The molecule has 0 saturated carbocycles. The normalized spacial score (nSPS) is 34.2. The first-order chi connectivity index (χ1) is 7.74. The number of nitrogens with zero attached hydrogens (tertiary/aromatic N) is 4. The number of hydrogen-bond acceptors (Lipinski definition) is 5. The van der Waals surface area contributed by atoms with E-state index in [0.29, 0.717) is 23.9 Å². The summed E-state index contributed by atoms with van der Waals surface area (Å²) in [7, 11) is 2.24. The van der Waals surface area contributed by atoms with Crippen LogP contribution in [0.3, 0.4) is 0 Å². The molecule has 2 aliphatic heterocycles. The van der Waals surface area contributed by atoms with Crippen LogP contribution in [-0.4, -0.2) is 39.0 Å². The van der Waals surface area contributed by atoms with Crippen LogP contribution in [0.25, 0.3) is 0 Å². The molecule has 2 aliphatic rings. The van der Waals surface area contributed by atoms with Crippen molar-refractivity contribution in [2.75, 3.05) is 12.8 Å². The fourth-order valence-electron chi connectivity index (χ4n) is 3.14. The molecular weight excluding hydrogens is 202 g/mol. The highest BCUT2D eigenvalue weighted by Crippen LogP contribution is 2.40. The van der Waals surface area contributed by atoms with E-state index in [2.05, 4.69) is 26.9 Å². The summed E-state index contributed by atoms with van der Waals surface area (Å²) < 4.78 is 0. The van der Waals surface area contributed by atoms with Gasteiger partial charge in [-0.15, -0.1) is 0 Å². The molecule has 2 atom stereocenters. The third kappa shape index (κ3) is 1.55. The van der Waals surface area contributed by atoms with Gasteiger partial charge in [-0.25, -0.2) is 9.97 Å². The Morgan fingerprint density at radius 1 is 1.25 bits per heavy atom. The zero-order valence-electron chi connectivity index (χ0n) is 9.50. The van der Waals surface area contributed by atoms with E-state index in [4.69, 9.17) is 5.73 Å². The summed E-state index contributed by atoms with van der Waals surface area (Å²) >= 11 is 0. The number of aromatic nitrogens is 3. The Morgan fingerprint density at radius 2 is 1.94 bits per heavy atom. The van der Waals surface area contributed by atoms with Gasteiger partial charge in [-0.3, -0.25) is 0 Å². The second-order valence-corrected chi connectivity index (χ2v) is 4.92. The molecule has 16 heavy (non-hydrogen) atoms. The van der Waals surface area contributed by atoms with Gasteiger partial charge in [0.2, 0.25) is 5.95 Å². The van der Waals surface area contributed by atoms with Gasteiger partial charge < -0.3 is 10.6 Å². The van der Waals surface area contributed by atoms with Crippen LogP contribution in [0.1, 0.15) is 37.4 Å². The van der Waals surface area contributed by atoms with Crippen molar-refractivity contribution in [3.8, 4) is 0 Å². The Balaban J connectivity index is 1.83. The number of nitrogens with two attached hydrogens (primary N) is 1. The Morgan fingerprint density at radius 3 is 2.56 bits per heavy atom. The molecule has 1 aromatic heterocycles. The maximum atomic E-state index is 5.60. The quantitative estimate of drug-likeness (QED) is 0.756. The van der Waals surface area contributed by atoms with Gasteiger partial charge in [-0.1, -0.05) is 0 Å². The van der Waals surface area contributed by atoms with Gasteiger partial charge in [0.25, 0.3) is 0 Å². The summed E-state index contributed by atoms with van der Waals surface area (Å²) in [6.07, 6.45) is 6.49. The van der Waals surface area contributed by atoms with E-state index >= 15 is 0 Å². The molecular formula is C11H17N5. The van der Waals surface area contributed by atoms with Gasteiger partial charge in [0.15, 0.2) is 0 Å². The molecule has 2 bridgehead atoms. The largest absolute Gasteiger partial charge is 0.368 e. The summed E-state index contributed by atoms with van der Waals surface area (Å²) in [6, 6.07) is 1.42. The highest BCUT2D eigenvalue weighted by atomic mass is 15.2. The fourth-order valence-corrected chi connectivity index (χ4v) is 3.14. The van der Waals surface area contributed by atoms with Crippen molar-refractivity contribution >= 4 is 5.95 Å². The molecule has 2 fully saturated rings. The minimum absolute atomic E-state index is 0.344. The first kappa shape index (κ1) is 9.96. The van der Waals surface area contributed by atoms with E-state index in [0.717, 1.165) is 18.7 Å². The molecule has 5 heteroatoms. The Hall–Kier alpha value is -1.23. The van der Waals surface area contributed by atoms with Crippen molar-refractivity contribution < 1.29 is 0 Å². The van der Waals surface area contributed by atoms with E-state index in [1.165, 1.54) is 19.2 Å². The standard InChI is InChI=1S/C11H17N5/c1-16-8-2-3-9(16)5-7(4-8)10-13-6-14-11(12)15-10/h6-9H,2-5H2,1H3,(H2,12,13,14,15). The zero-order valence-corrected chi connectivity index (χ0v) is 9.50. The lowest BCUT2D eigenvalue weighted by molar-refractivity contribution is 0.159. The number of fused-ring (bicyclic) bond motifs is 2. The third-order valence-corrected chi connectivity index (χ3v) is 4.07. The molecule has 2 saturated heterocycles. The second-order valence-electron chi connectivity index (χ2n) is 4.92. The smallest absolute Gasteiger partial charge is 0.223 e. The summed E-state index contributed by atoms with van der Waals surface area (Å²) in [5.41, 5.74) is 5.60. The molecule has 0 radical (unpaired) electrons. The molecule has 86 valence electrons. The average molecular weight is 219 g/mol. The first-order valence-electron chi connectivity index (χ1n) is 5.90. The van der Waals surface area contributed by atoms with Crippen LogP contribution in [0.5, 0.6) is 0 Å². The van der Waals surface area contributed by atoms with Gasteiger partial charge in [0, 0.05) is 18.0 Å². The minimum atomic E-state index is 0.344. The van der Waals surface area contributed by atoms with Crippen LogP contribution >= 0.6 is 0 Å². The van der Waals surface area contributed by atoms with E-state index in [1.54, 1.807) is 0 Å².